The van der Waals surface area contributed by atoms with Crippen LogP contribution in [0.3, 0.4) is 0 Å². The Morgan fingerprint density at radius 2 is 1.79 bits per heavy atom. The largest absolute Gasteiger partial charge is 0.436 e. The van der Waals surface area contributed by atoms with Crippen molar-refractivity contribution in [3.05, 3.63) is 65.9 Å². The molecule has 1 saturated carbocycles. The highest BCUT2D eigenvalue weighted by molar-refractivity contribution is 6.00. The molecule has 4 rings (SSSR count). The number of carbonyl (C=O) groups excluding carboxylic acids is 1. The van der Waals surface area contributed by atoms with Gasteiger partial charge in [-0.05, 0) is 44.7 Å². The van der Waals surface area contributed by atoms with Gasteiger partial charge >= 0.3 is 0 Å². The summed E-state index contributed by atoms with van der Waals surface area (Å²) in [6.45, 7) is 2.05. The molecule has 1 amide bonds. The number of oxazole rings is 1. The van der Waals surface area contributed by atoms with Gasteiger partial charge in [0.25, 0.3) is 5.91 Å². The third-order valence-electron chi connectivity index (χ3n) is 5.35. The van der Waals surface area contributed by atoms with Gasteiger partial charge in [0.2, 0.25) is 5.89 Å². The average Bonchev–Trinajstić information content (AvgIpc) is 3.20. The molecule has 5 nitrogen and oxygen atoms in total. The predicted octanol–water partition coefficient (Wildman–Crippen LogP) is 4.32. The summed E-state index contributed by atoms with van der Waals surface area (Å²) in [6, 6.07) is 16.0. The fraction of sp³-hybridized carbons (Fsp3) is 0.304. The molecule has 1 fully saturated rings. The van der Waals surface area contributed by atoms with Crippen LogP contribution in [0.15, 0.2) is 59.1 Å². The first-order chi connectivity index (χ1) is 13.6. The number of nitrogens with one attached hydrogen (secondary N) is 1. The van der Waals surface area contributed by atoms with Crippen molar-refractivity contribution in [3.63, 3.8) is 0 Å². The number of nitrogens with zero attached hydrogens (tertiary/aromatic N) is 1. The highest BCUT2D eigenvalue weighted by atomic mass is 16.4. The van der Waals surface area contributed by atoms with E-state index in [1.54, 1.807) is 6.20 Å². The second kappa shape index (κ2) is 7.98. The number of hydrogen-bond donors (Lipinski definition) is 2. The number of carbonyl (C=O) groups is 1. The molecule has 0 unspecified atom stereocenters. The van der Waals surface area contributed by atoms with Crippen molar-refractivity contribution in [1.82, 2.24) is 10.3 Å². The number of aryl methyl sites for hydroxylation is 1. The first kappa shape index (κ1) is 18.4. The lowest BCUT2D eigenvalue weighted by molar-refractivity contribution is 0.0926. The summed E-state index contributed by atoms with van der Waals surface area (Å²) < 4.78 is 5.98. The van der Waals surface area contributed by atoms with Crippen LogP contribution in [0.4, 0.5) is 0 Å². The minimum Gasteiger partial charge on any atom is -0.436 e. The summed E-state index contributed by atoms with van der Waals surface area (Å²) in [5.41, 5.74) is 9.39. The van der Waals surface area contributed by atoms with Gasteiger partial charge in [0.05, 0.1) is 11.8 Å². The van der Waals surface area contributed by atoms with Gasteiger partial charge in [0.1, 0.15) is 0 Å². The Hall–Kier alpha value is -2.92. The molecule has 1 aliphatic rings. The third kappa shape index (κ3) is 3.99. The summed E-state index contributed by atoms with van der Waals surface area (Å²) >= 11 is 0. The topological polar surface area (TPSA) is 81.2 Å². The molecule has 5 heteroatoms. The third-order valence-corrected chi connectivity index (χ3v) is 5.35. The zero-order chi connectivity index (χ0) is 19.5. The van der Waals surface area contributed by atoms with Crippen LogP contribution in [0.5, 0.6) is 0 Å². The van der Waals surface area contributed by atoms with Crippen LogP contribution >= 0.6 is 0 Å². The van der Waals surface area contributed by atoms with Crippen molar-refractivity contribution >= 4 is 5.91 Å². The zero-order valence-corrected chi connectivity index (χ0v) is 16.0. The smallest absolute Gasteiger partial charge is 0.252 e. The van der Waals surface area contributed by atoms with Crippen molar-refractivity contribution in [2.45, 2.75) is 44.7 Å². The molecule has 0 spiro atoms. The fourth-order valence-electron chi connectivity index (χ4n) is 3.64. The lowest BCUT2D eigenvalue weighted by atomic mass is 9.91. The highest BCUT2D eigenvalue weighted by Gasteiger charge is 2.23. The first-order valence-corrected chi connectivity index (χ1v) is 9.79. The van der Waals surface area contributed by atoms with E-state index in [1.165, 1.54) is 5.56 Å². The first-order valence-electron chi connectivity index (χ1n) is 9.79. The van der Waals surface area contributed by atoms with Crippen molar-refractivity contribution in [1.29, 1.82) is 0 Å². The molecule has 1 heterocycles. The molecule has 144 valence electrons. The van der Waals surface area contributed by atoms with Crippen LogP contribution in [-0.2, 0) is 0 Å². The van der Waals surface area contributed by atoms with Gasteiger partial charge in [-0.1, -0.05) is 42.0 Å². The van der Waals surface area contributed by atoms with Crippen LogP contribution in [0.25, 0.3) is 22.8 Å². The molecule has 28 heavy (non-hydrogen) atoms. The molecule has 0 aliphatic heterocycles. The standard InChI is InChI=1S/C23H25N3O2/c1-15-6-8-16(9-7-15)21-14-25-23(28-21)20-5-3-2-4-19(20)22(27)26-18-12-10-17(24)11-13-18/h2-9,14,17-18H,10-13,24H2,1H3,(H,26,27). The molecule has 0 bridgehead atoms. The molecule has 2 aromatic carbocycles. The van der Waals surface area contributed by atoms with Gasteiger partial charge in [-0.2, -0.15) is 0 Å². The number of nitrogens with two attached hydrogens (primary N) is 1. The Kier molecular flexibility index (Phi) is 5.26. The molecule has 3 aromatic rings. The second-order valence-corrected chi connectivity index (χ2v) is 7.53. The minimum absolute atomic E-state index is 0.0915. The molecule has 0 saturated heterocycles. The van der Waals surface area contributed by atoms with E-state index in [9.17, 15) is 4.79 Å². The number of aromatic nitrogens is 1. The van der Waals surface area contributed by atoms with Gasteiger partial charge < -0.3 is 15.5 Å². The molecular formula is C23H25N3O2. The normalized spacial score (nSPS) is 19.4. The van der Waals surface area contributed by atoms with E-state index in [4.69, 9.17) is 10.2 Å². The van der Waals surface area contributed by atoms with E-state index in [0.29, 0.717) is 22.8 Å². The maximum atomic E-state index is 12.9. The van der Waals surface area contributed by atoms with E-state index in [0.717, 1.165) is 31.2 Å². The molecular weight excluding hydrogens is 350 g/mol. The minimum atomic E-state index is -0.0915. The summed E-state index contributed by atoms with van der Waals surface area (Å²) in [5.74, 6) is 1.05. The van der Waals surface area contributed by atoms with E-state index in [-0.39, 0.29) is 18.0 Å². The summed E-state index contributed by atoms with van der Waals surface area (Å²) in [7, 11) is 0. The Bertz CT molecular complexity index is 954. The van der Waals surface area contributed by atoms with Gasteiger partial charge in [0.15, 0.2) is 5.76 Å². The van der Waals surface area contributed by atoms with Crippen LogP contribution in [-0.4, -0.2) is 23.0 Å². The quantitative estimate of drug-likeness (QED) is 0.712. The van der Waals surface area contributed by atoms with Crippen molar-refractivity contribution < 1.29 is 9.21 Å². The zero-order valence-electron chi connectivity index (χ0n) is 16.0. The van der Waals surface area contributed by atoms with Gasteiger partial charge in [-0.25, -0.2) is 4.98 Å². The van der Waals surface area contributed by atoms with E-state index in [2.05, 4.69) is 10.3 Å². The van der Waals surface area contributed by atoms with Crippen molar-refractivity contribution in [2.24, 2.45) is 5.73 Å². The lowest BCUT2D eigenvalue weighted by Crippen LogP contribution is -2.40. The van der Waals surface area contributed by atoms with Crippen molar-refractivity contribution in [3.8, 4) is 22.8 Å². The second-order valence-electron chi connectivity index (χ2n) is 7.53. The van der Waals surface area contributed by atoms with Crippen LogP contribution < -0.4 is 11.1 Å². The average molecular weight is 375 g/mol. The number of hydrogen-bond acceptors (Lipinski definition) is 4. The Balaban J connectivity index is 1.56. The number of benzene rings is 2. The van der Waals surface area contributed by atoms with E-state index >= 15 is 0 Å². The van der Waals surface area contributed by atoms with Gasteiger partial charge in [-0.3, -0.25) is 4.79 Å². The van der Waals surface area contributed by atoms with Gasteiger partial charge in [0, 0.05) is 23.2 Å². The monoisotopic (exact) mass is 375 g/mol. The van der Waals surface area contributed by atoms with Crippen molar-refractivity contribution in [2.75, 3.05) is 0 Å². The number of rotatable bonds is 4. The van der Waals surface area contributed by atoms with E-state index < -0.39 is 0 Å². The van der Waals surface area contributed by atoms with E-state index in [1.807, 2.05) is 55.5 Å². The Labute approximate surface area is 165 Å². The summed E-state index contributed by atoms with van der Waals surface area (Å²) in [5, 5.41) is 3.15. The summed E-state index contributed by atoms with van der Waals surface area (Å²) in [4.78, 5) is 17.3. The maximum absolute atomic E-state index is 12.9. The molecule has 0 atom stereocenters. The SMILES string of the molecule is Cc1ccc(-c2cnc(-c3ccccc3C(=O)NC3CCC(N)CC3)o2)cc1. The molecule has 3 N–H and O–H groups in total. The highest BCUT2D eigenvalue weighted by Crippen LogP contribution is 2.28. The molecule has 1 aliphatic carbocycles. The maximum Gasteiger partial charge on any atom is 0.252 e. The van der Waals surface area contributed by atoms with Crippen LogP contribution in [0.2, 0.25) is 0 Å². The van der Waals surface area contributed by atoms with Crippen LogP contribution in [0, 0.1) is 6.92 Å². The summed E-state index contributed by atoms with van der Waals surface area (Å²) in [6.07, 6.45) is 5.45. The van der Waals surface area contributed by atoms with Gasteiger partial charge in [-0.15, -0.1) is 0 Å². The predicted molar refractivity (Wildman–Crippen MR) is 110 cm³/mol. The molecule has 0 radical (unpaired) electrons. The number of amides is 1. The Morgan fingerprint density at radius 1 is 1.07 bits per heavy atom. The Morgan fingerprint density at radius 3 is 2.54 bits per heavy atom. The molecule has 1 aromatic heterocycles. The van der Waals surface area contributed by atoms with Crippen LogP contribution in [0.1, 0.15) is 41.6 Å². The fourth-order valence-corrected chi connectivity index (χ4v) is 3.64. The lowest BCUT2D eigenvalue weighted by Gasteiger charge is -2.27.